The van der Waals surface area contributed by atoms with E-state index >= 15 is 0 Å². The molecule has 0 atom stereocenters. The third-order valence-corrected chi connectivity index (χ3v) is 3.75. The Labute approximate surface area is 143 Å². The Balaban J connectivity index is 0.00000361. The molecule has 0 aliphatic heterocycles. The highest BCUT2D eigenvalue weighted by Gasteiger charge is 2.07. The van der Waals surface area contributed by atoms with Crippen molar-refractivity contribution >= 4 is 41.7 Å². The quantitative estimate of drug-likeness (QED) is 0.248. The Morgan fingerprint density at radius 2 is 2.35 bits per heavy atom. The lowest BCUT2D eigenvalue weighted by Crippen LogP contribution is -2.39. The summed E-state index contributed by atoms with van der Waals surface area (Å²) in [5.41, 5.74) is 1.27. The van der Waals surface area contributed by atoms with Gasteiger partial charge in [0.2, 0.25) is 0 Å². The second-order valence-corrected chi connectivity index (χ2v) is 5.45. The molecule has 0 unspecified atom stereocenters. The lowest BCUT2D eigenvalue weighted by atomic mass is 10.4. The van der Waals surface area contributed by atoms with Crippen molar-refractivity contribution in [3.63, 3.8) is 0 Å². The van der Waals surface area contributed by atoms with Crippen LogP contribution in [0.3, 0.4) is 0 Å². The molecule has 0 saturated carbocycles. The summed E-state index contributed by atoms with van der Waals surface area (Å²) in [5.74, 6) is 2.99. The molecule has 1 rings (SSSR count). The van der Waals surface area contributed by atoms with Crippen molar-refractivity contribution in [2.75, 3.05) is 32.1 Å². The Hall–Kier alpha value is -0.630. The van der Waals surface area contributed by atoms with E-state index < -0.39 is 0 Å². The van der Waals surface area contributed by atoms with Crippen LogP contribution in [0.2, 0.25) is 0 Å². The van der Waals surface area contributed by atoms with Crippen LogP contribution < -0.4 is 5.32 Å². The molecular formula is C14H25IN4S. The smallest absolute Gasteiger partial charge is 0.193 e. The maximum Gasteiger partial charge on any atom is 0.193 e. The molecule has 1 heterocycles. The lowest BCUT2D eigenvalue weighted by Gasteiger charge is -2.22. The molecule has 114 valence electrons. The largest absolute Gasteiger partial charge is 0.355 e. The Morgan fingerprint density at radius 1 is 1.60 bits per heavy atom. The van der Waals surface area contributed by atoms with Gasteiger partial charge in [0.1, 0.15) is 0 Å². The molecule has 0 radical (unpaired) electrons. The van der Waals surface area contributed by atoms with Crippen LogP contribution >= 0.6 is 35.7 Å². The van der Waals surface area contributed by atoms with Crippen molar-refractivity contribution < 1.29 is 0 Å². The van der Waals surface area contributed by atoms with Crippen molar-refractivity contribution in [3.8, 4) is 0 Å². The number of nitrogens with zero attached hydrogens (tertiary/aromatic N) is 3. The molecule has 1 aromatic rings. The van der Waals surface area contributed by atoms with Crippen LogP contribution in [0.15, 0.2) is 36.0 Å². The zero-order valence-corrected chi connectivity index (χ0v) is 15.6. The third-order valence-electron chi connectivity index (χ3n) is 2.79. The summed E-state index contributed by atoms with van der Waals surface area (Å²) in [6, 6.07) is 4.19. The molecule has 0 saturated heterocycles. The number of halogens is 1. The number of rotatable bonds is 7. The number of guanidine groups is 1. The maximum atomic E-state index is 4.31. The minimum Gasteiger partial charge on any atom is -0.355 e. The van der Waals surface area contributed by atoms with Crippen LogP contribution in [0.4, 0.5) is 0 Å². The molecule has 0 aliphatic rings. The summed E-state index contributed by atoms with van der Waals surface area (Å²) in [6.45, 7) is 5.48. The Kier molecular flexibility index (Phi) is 10.7. The number of thioether (sulfide) groups is 1. The fourth-order valence-corrected chi connectivity index (χ4v) is 2.34. The van der Waals surface area contributed by atoms with Crippen LogP contribution in [0.25, 0.3) is 0 Å². The molecule has 1 N–H and O–H groups in total. The average molecular weight is 408 g/mol. The Morgan fingerprint density at radius 3 is 2.90 bits per heavy atom. The van der Waals surface area contributed by atoms with Gasteiger partial charge in [0.05, 0.1) is 6.54 Å². The van der Waals surface area contributed by atoms with Gasteiger partial charge < -0.3 is 14.8 Å². The first-order chi connectivity index (χ1) is 9.19. The summed E-state index contributed by atoms with van der Waals surface area (Å²) in [4.78, 5) is 6.44. The number of aromatic nitrogens is 1. The number of aliphatic imine (C=N–C) groups is 1. The third kappa shape index (κ3) is 6.69. The van der Waals surface area contributed by atoms with E-state index in [1.165, 1.54) is 5.69 Å². The van der Waals surface area contributed by atoms with Gasteiger partial charge in [-0.25, -0.2) is 0 Å². The second kappa shape index (κ2) is 11.1. The second-order valence-electron chi connectivity index (χ2n) is 4.30. The van der Waals surface area contributed by atoms with E-state index in [1.54, 1.807) is 0 Å². The standard InChI is InChI=1S/C14H24N4S.HI/c1-5-10-19-11-8-16-14(15-2)18(4)12-13-7-6-9-17(13)3;/h5-7,9H,1,8,10-12H2,2-4H3,(H,15,16);1H. The minimum absolute atomic E-state index is 0. The summed E-state index contributed by atoms with van der Waals surface area (Å²) in [5, 5.41) is 3.37. The van der Waals surface area contributed by atoms with Crippen molar-refractivity contribution in [2.45, 2.75) is 6.54 Å². The molecule has 4 nitrogen and oxygen atoms in total. The number of nitrogens with one attached hydrogen (secondary N) is 1. The monoisotopic (exact) mass is 408 g/mol. The molecule has 0 amide bonds. The molecule has 0 fully saturated rings. The van der Waals surface area contributed by atoms with Gasteiger partial charge in [-0.2, -0.15) is 11.8 Å². The average Bonchev–Trinajstić information content (AvgIpc) is 2.79. The summed E-state index contributed by atoms with van der Waals surface area (Å²) < 4.78 is 2.13. The van der Waals surface area contributed by atoms with Crippen LogP contribution in [-0.2, 0) is 13.6 Å². The van der Waals surface area contributed by atoms with Crippen LogP contribution in [-0.4, -0.2) is 47.6 Å². The van der Waals surface area contributed by atoms with E-state index in [0.29, 0.717) is 0 Å². The van der Waals surface area contributed by atoms with Crippen LogP contribution in [0.5, 0.6) is 0 Å². The van der Waals surface area contributed by atoms with E-state index in [9.17, 15) is 0 Å². The van der Waals surface area contributed by atoms with Crippen LogP contribution in [0.1, 0.15) is 5.69 Å². The van der Waals surface area contributed by atoms with Crippen molar-refractivity contribution in [1.82, 2.24) is 14.8 Å². The van der Waals surface area contributed by atoms with Crippen LogP contribution in [0, 0.1) is 0 Å². The van der Waals surface area contributed by atoms with E-state index in [0.717, 1.165) is 30.6 Å². The fraction of sp³-hybridized carbons (Fsp3) is 0.500. The van der Waals surface area contributed by atoms with Crippen molar-refractivity contribution in [1.29, 1.82) is 0 Å². The highest BCUT2D eigenvalue weighted by atomic mass is 127. The van der Waals surface area contributed by atoms with Gasteiger partial charge in [0.15, 0.2) is 5.96 Å². The van der Waals surface area contributed by atoms with Gasteiger partial charge in [-0.3, -0.25) is 4.99 Å². The number of hydrogen-bond acceptors (Lipinski definition) is 2. The first-order valence-corrected chi connectivity index (χ1v) is 7.55. The van der Waals surface area contributed by atoms with Gasteiger partial charge >= 0.3 is 0 Å². The van der Waals surface area contributed by atoms with Gasteiger partial charge in [0.25, 0.3) is 0 Å². The zero-order valence-electron chi connectivity index (χ0n) is 12.5. The molecule has 6 heteroatoms. The molecule has 0 spiro atoms. The lowest BCUT2D eigenvalue weighted by molar-refractivity contribution is 0.464. The number of hydrogen-bond donors (Lipinski definition) is 1. The predicted molar refractivity (Wildman–Crippen MR) is 101 cm³/mol. The first kappa shape index (κ1) is 19.4. The highest BCUT2D eigenvalue weighted by Crippen LogP contribution is 2.04. The Bertz CT molecular complexity index is 417. The van der Waals surface area contributed by atoms with Gasteiger partial charge in [-0.05, 0) is 12.1 Å². The van der Waals surface area contributed by atoms with E-state index in [4.69, 9.17) is 0 Å². The summed E-state index contributed by atoms with van der Waals surface area (Å²) >= 11 is 1.87. The minimum atomic E-state index is 0. The van der Waals surface area contributed by atoms with E-state index in [2.05, 4.69) is 58.8 Å². The first-order valence-electron chi connectivity index (χ1n) is 6.39. The molecule has 0 aliphatic carbocycles. The van der Waals surface area contributed by atoms with E-state index in [-0.39, 0.29) is 24.0 Å². The topological polar surface area (TPSA) is 32.6 Å². The molecule has 20 heavy (non-hydrogen) atoms. The fourth-order valence-electron chi connectivity index (χ4n) is 1.77. The maximum absolute atomic E-state index is 4.31. The summed E-state index contributed by atoms with van der Waals surface area (Å²) in [7, 11) is 5.94. The zero-order chi connectivity index (χ0) is 14.1. The van der Waals surface area contributed by atoms with Gasteiger partial charge in [-0.1, -0.05) is 6.08 Å². The van der Waals surface area contributed by atoms with Crippen molar-refractivity contribution in [2.24, 2.45) is 12.0 Å². The molecule has 0 aromatic carbocycles. The predicted octanol–water partition coefficient (Wildman–Crippen LogP) is 2.57. The van der Waals surface area contributed by atoms with Gasteiger partial charge in [-0.15, -0.1) is 30.6 Å². The van der Waals surface area contributed by atoms with Gasteiger partial charge in [0, 0.05) is 51.1 Å². The molecular weight excluding hydrogens is 383 g/mol. The molecule has 0 bridgehead atoms. The summed E-state index contributed by atoms with van der Waals surface area (Å²) in [6.07, 6.45) is 3.99. The highest BCUT2D eigenvalue weighted by molar-refractivity contribution is 14.0. The van der Waals surface area contributed by atoms with Crippen molar-refractivity contribution in [3.05, 3.63) is 36.7 Å². The van der Waals surface area contributed by atoms with E-state index in [1.807, 2.05) is 24.9 Å². The normalized spacial score (nSPS) is 10.8. The molecule has 1 aromatic heterocycles. The number of aryl methyl sites for hydroxylation is 1. The SMILES string of the molecule is C=CCSCCNC(=NC)N(C)Cc1cccn1C.I.